The molecule has 0 aromatic rings. The number of sulfone groups is 1. The van der Waals surface area contributed by atoms with Crippen molar-refractivity contribution in [2.75, 3.05) is 11.5 Å². The van der Waals surface area contributed by atoms with E-state index in [1.54, 1.807) is 0 Å². The summed E-state index contributed by atoms with van der Waals surface area (Å²) in [7, 11) is -3.04. The summed E-state index contributed by atoms with van der Waals surface area (Å²) in [5.41, 5.74) is 5.91. The van der Waals surface area contributed by atoms with Crippen molar-refractivity contribution in [3.05, 3.63) is 0 Å². The van der Waals surface area contributed by atoms with Gasteiger partial charge < -0.3 is 5.73 Å². The molecule has 2 atom stereocenters. The van der Waals surface area contributed by atoms with E-state index in [1.165, 1.54) is 0 Å². The first-order chi connectivity index (χ1) is 7.96. The Hall–Kier alpha value is -0.420. The smallest absolute Gasteiger partial charge is 0.150 e. The molecule has 5 heteroatoms. The standard InChI is InChI=1S/C12H23NO3S/c1-2-8-17(15,16)9-7-12(14)10-5-3-4-6-11(10)13/h10-11H,2-9,13H2,1H3. The minimum Gasteiger partial charge on any atom is -0.327 e. The van der Waals surface area contributed by atoms with Gasteiger partial charge in [0.15, 0.2) is 9.84 Å². The SMILES string of the molecule is CCCS(=O)(=O)CCC(=O)C1CCCCC1N. The molecule has 1 aliphatic carbocycles. The molecule has 2 N–H and O–H groups in total. The largest absolute Gasteiger partial charge is 0.327 e. The van der Waals surface area contributed by atoms with Crippen molar-refractivity contribution in [3.63, 3.8) is 0 Å². The average molecular weight is 261 g/mol. The first kappa shape index (κ1) is 14.6. The van der Waals surface area contributed by atoms with Crippen LogP contribution >= 0.6 is 0 Å². The lowest BCUT2D eigenvalue weighted by molar-refractivity contribution is -0.123. The maximum Gasteiger partial charge on any atom is 0.150 e. The van der Waals surface area contributed by atoms with Gasteiger partial charge in [0.1, 0.15) is 5.78 Å². The first-order valence-corrected chi connectivity index (χ1v) is 8.27. The molecule has 0 aromatic carbocycles. The van der Waals surface area contributed by atoms with Gasteiger partial charge in [-0.1, -0.05) is 19.8 Å². The second kappa shape index (κ2) is 6.50. The van der Waals surface area contributed by atoms with Crippen LogP contribution in [0.3, 0.4) is 0 Å². The quantitative estimate of drug-likeness (QED) is 0.781. The van der Waals surface area contributed by atoms with Gasteiger partial charge in [-0.05, 0) is 19.3 Å². The van der Waals surface area contributed by atoms with Gasteiger partial charge in [0.05, 0.1) is 5.75 Å². The molecule has 0 bridgehead atoms. The summed E-state index contributed by atoms with van der Waals surface area (Å²) in [5.74, 6) is 0.0948. The van der Waals surface area contributed by atoms with Crippen LogP contribution in [0.25, 0.3) is 0 Å². The number of hydrogen-bond acceptors (Lipinski definition) is 4. The van der Waals surface area contributed by atoms with Crippen molar-refractivity contribution in [1.82, 2.24) is 0 Å². The fourth-order valence-corrected chi connectivity index (χ4v) is 3.75. The molecule has 0 spiro atoms. The normalized spacial score (nSPS) is 25.8. The van der Waals surface area contributed by atoms with Crippen LogP contribution in [-0.2, 0) is 14.6 Å². The van der Waals surface area contributed by atoms with E-state index in [2.05, 4.69) is 0 Å². The third kappa shape index (κ3) is 4.76. The molecule has 0 aliphatic heterocycles. The number of nitrogens with two attached hydrogens (primary N) is 1. The minimum absolute atomic E-state index is 0.0110. The summed E-state index contributed by atoms with van der Waals surface area (Å²) in [6.07, 6.45) is 4.58. The number of rotatable bonds is 6. The van der Waals surface area contributed by atoms with Gasteiger partial charge in [0.25, 0.3) is 0 Å². The Labute approximate surface area is 104 Å². The monoisotopic (exact) mass is 261 g/mol. The second-order valence-electron chi connectivity index (χ2n) is 4.92. The highest BCUT2D eigenvalue weighted by atomic mass is 32.2. The highest BCUT2D eigenvalue weighted by molar-refractivity contribution is 7.91. The second-order valence-corrected chi connectivity index (χ2v) is 7.23. The Morgan fingerprint density at radius 3 is 2.47 bits per heavy atom. The van der Waals surface area contributed by atoms with Gasteiger partial charge in [-0.2, -0.15) is 0 Å². The summed E-state index contributed by atoms with van der Waals surface area (Å²) in [4.78, 5) is 11.9. The third-order valence-electron chi connectivity index (χ3n) is 3.41. The molecule has 100 valence electrons. The maximum atomic E-state index is 11.9. The van der Waals surface area contributed by atoms with Gasteiger partial charge in [-0.15, -0.1) is 0 Å². The van der Waals surface area contributed by atoms with Crippen LogP contribution in [0.2, 0.25) is 0 Å². The molecular formula is C12H23NO3S. The van der Waals surface area contributed by atoms with Gasteiger partial charge in [0, 0.05) is 24.1 Å². The van der Waals surface area contributed by atoms with Crippen LogP contribution in [0, 0.1) is 5.92 Å². The van der Waals surface area contributed by atoms with E-state index < -0.39 is 9.84 Å². The number of carbonyl (C=O) groups is 1. The van der Waals surface area contributed by atoms with Crippen LogP contribution < -0.4 is 5.73 Å². The zero-order valence-electron chi connectivity index (χ0n) is 10.5. The molecule has 1 fully saturated rings. The minimum atomic E-state index is -3.04. The van der Waals surface area contributed by atoms with E-state index in [0.29, 0.717) is 6.42 Å². The molecule has 17 heavy (non-hydrogen) atoms. The van der Waals surface area contributed by atoms with Crippen LogP contribution in [0.15, 0.2) is 0 Å². The average Bonchev–Trinajstić information content (AvgIpc) is 2.27. The molecule has 1 rings (SSSR count). The zero-order valence-corrected chi connectivity index (χ0v) is 11.3. The van der Waals surface area contributed by atoms with E-state index >= 15 is 0 Å². The van der Waals surface area contributed by atoms with Crippen molar-refractivity contribution in [3.8, 4) is 0 Å². The Morgan fingerprint density at radius 1 is 1.24 bits per heavy atom. The summed E-state index contributed by atoms with van der Waals surface area (Å²) < 4.78 is 23.0. The topological polar surface area (TPSA) is 77.2 Å². The summed E-state index contributed by atoms with van der Waals surface area (Å²) in [6, 6.07) is -0.0647. The predicted molar refractivity (Wildman–Crippen MR) is 68.5 cm³/mol. The fourth-order valence-electron chi connectivity index (χ4n) is 2.41. The Morgan fingerprint density at radius 2 is 1.88 bits per heavy atom. The van der Waals surface area contributed by atoms with Crippen LogP contribution in [0.4, 0.5) is 0 Å². The lowest BCUT2D eigenvalue weighted by atomic mass is 9.81. The van der Waals surface area contributed by atoms with E-state index in [1.807, 2.05) is 6.92 Å². The van der Waals surface area contributed by atoms with Crippen molar-refractivity contribution in [2.45, 2.75) is 51.5 Å². The lowest BCUT2D eigenvalue weighted by Gasteiger charge is -2.27. The Bertz CT molecular complexity index is 351. The van der Waals surface area contributed by atoms with Crippen molar-refractivity contribution in [1.29, 1.82) is 0 Å². The Balaban J connectivity index is 2.44. The first-order valence-electron chi connectivity index (χ1n) is 6.45. The molecule has 0 amide bonds. The summed E-state index contributed by atoms with van der Waals surface area (Å²) in [6.45, 7) is 1.83. The van der Waals surface area contributed by atoms with Gasteiger partial charge in [-0.25, -0.2) is 8.42 Å². The molecule has 1 aliphatic rings. The molecule has 0 saturated heterocycles. The zero-order chi connectivity index (χ0) is 12.9. The molecule has 4 nitrogen and oxygen atoms in total. The molecular weight excluding hydrogens is 238 g/mol. The van der Waals surface area contributed by atoms with Crippen molar-refractivity contribution < 1.29 is 13.2 Å². The molecule has 0 heterocycles. The van der Waals surface area contributed by atoms with E-state index in [4.69, 9.17) is 5.73 Å². The molecule has 0 aromatic heterocycles. The molecule has 1 saturated carbocycles. The van der Waals surface area contributed by atoms with Crippen LogP contribution in [0.5, 0.6) is 0 Å². The van der Waals surface area contributed by atoms with Crippen LogP contribution in [0.1, 0.15) is 45.4 Å². The van der Waals surface area contributed by atoms with E-state index in [-0.39, 0.29) is 35.7 Å². The molecule has 2 unspecified atom stereocenters. The lowest BCUT2D eigenvalue weighted by Crippen LogP contribution is -2.38. The summed E-state index contributed by atoms with van der Waals surface area (Å²) in [5, 5.41) is 0. The fraction of sp³-hybridized carbons (Fsp3) is 0.917. The number of hydrogen-bond donors (Lipinski definition) is 1. The van der Waals surface area contributed by atoms with E-state index in [0.717, 1.165) is 25.7 Å². The highest BCUT2D eigenvalue weighted by Gasteiger charge is 2.28. The number of Topliss-reactive ketones (excluding diaryl/α,β-unsaturated/α-hetero) is 1. The van der Waals surface area contributed by atoms with Gasteiger partial charge >= 0.3 is 0 Å². The summed E-state index contributed by atoms with van der Waals surface area (Å²) >= 11 is 0. The van der Waals surface area contributed by atoms with Crippen molar-refractivity contribution in [2.24, 2.45) is 11.7 Å². The number of carbonyl (C=O) groups excluding carboxylic acids is 1. The Kier molecular flexibility index (Phi) is 5.59. The third-order valence-corrected chi connectivity index (χ3v) is 5.26. The predicted octanol–water partition coefficient (Wildman–Crippen LogP) is 1.29. The van der Waals surface area contributed by atoms with Crippen LogP contribution in [-0.4, -0.2) is 31.7 Å². The number of ketones is 1. The highest BCUT2D eigenvalue weighted by Crippen LogP contribution is 2.24. The van der Waals surface area contributed by atoms with Gasteiger partial charge in [0.2, 0.25) is 0 Å². The van der Waals surface area contributed by atoms with Crippen molar-refractivity contribution >= 4 is 15.6 Å². The van der Waals surface area contributed by atoms with Gasteiger partial charge in [-0.3, -0.25) is 4.79 Å². The van der Waals surface area contributed by atoms with E-state index in [9.17, 15) is 13.2 Å². The maximum absolute atomic E-state index is 11.9. The molecule has 0 radical (unpaired) electrons.